The zero-order valence-corrected chi connectivity index (χ0v) is 13.7. The van der Waals surface area contributed by atoms with E-state index in [-0.39, 0.29) is 12.4 Å². The number of nitrogens with zero attached hydrogens (tertiary/aromatic N) is 2. The Kier molecular flexibility index (Phi) is 5.41. The Morgan fingerprint density at radius 1 is 1.39 bits per heavy atom. The molecule has 1 aromatic carbocycles. The molecule has 0 aliphatic rings. The highest BCUT2D eigenvalue weighted by atomic mass is 35.5. The predicted octanol–water partition coefficient (Wildman–Crippen LogP) is 3.95. The van der Waals surface area contributed by atoms with Crippen LogP contribution in [0.4, 0.5) is 11.5 Å². The van der Waals surface area contributed by atoms with E-state index in [4.69, 9.17) is 16.3 Å². The average molecular weight is 353 g/mol. The average Bonchev–Trinajstić information content (AvgIpc) is 2.93. The standard InChI is InChI=1S/C15H13ClN4O2.ClH/c1-2-22-15(21)11-7-17-13-12(11)14(19-8-18-13)20-10-5-3-4-9(16)6-10;/h3-8H,2H2,1H3,(H2,17,18,19,20);1H. The van der Waals surface area contributed by atoms with E-state index < -0.39 is 5.97 Å². The third kappa shape index (κ3) is 3.55. The highest BCUT2D eigenvalue weighted by molar-refractivity contribution is 6.30. The second kappa shape index (κ2) is 7.30. The molecule has 8 heteroatoms. The monoisotopic (exact) mass is 352 g/mol. The van der Waals surface area contributed by atoms with E-state index in [9.17, 15) is 4.79 Å². The van der Waals surface area contributed by atoms with Crippen LogP contribution in [0.15, 0.2) is 36.8 Å². The van der Waals surface area contributed by atoms with E-state index in [0.29, 0.717) is 34.0 Å². The maximum absolute atomic E-state index is 12.0. The minimum absolute atomic E-state index is 0. The fourth-order valence-electron chi connectivity index (χ4n) is 2.13. The summed E-state index contributed by atoms with van der Waals surface area (Å²) < 4.78 is 5.06. The quantitative estimate of drug-likeness (QED) is 0.694. The number of carbonyl (C=O) groups excluding carboxylic acids is 1. The first-order valence-electron chi connectivity index (χ1n) is 6.71. The van der Waals surface area contributed by atoms with Crippen LogP contribution in [-0.4, -0.2) is 27.5 Å². The lowest BCUT2D eigenvalue weighted by Crippen LogP contribution is -2.05. The number of carbonyl (C=O) groups is 1. The third-order valence-electron chi connectivity index (χ3n) is 3.05. The van der Waals surface area contributed by atoms with Gasteiger partial charge in [-0.05, 0) is 25.1 Å². The summed E-state index contributed by atoms with van der Waals surface area (Å²) in [6, 6.07) is 7.23. The van der Waals surface area contributed by atoms with Gasteiger partial charge >= 0.3 is 5.97 Å². The van der Waals surface area contributed by atoms with Crippen molar-refractivity contribution in [2.45, 2.75) is 6.92 Å². The Balaban J connectivity index is 0.00000192. The number of nitrogens with one attached hydrogen (secondary N) is 2. The molecule has 0 aliphatic carbocycles. The van der Waals surface area contributed by atoms with Crippen LogP contribution < -0.4 is 5.32 Å². The fourth-order valence-corrected chi connectivity index (χ4v) is 2.32. The van der Waals surface area contributed by atoms with Crippen LogP contribution in [0.1, 0.15) is 17.3 Å². The van der Waals surface area contributed by atoms with E-state index in [1.54, 1.807) is 25.3 Å². The minimum atomic E-state index is -0.419. The Morgan fingerprint density at radius 2 is 2.22 bits per heavy atom. The van der Waals surface area contributed by atoms with E-state index >= 15 is 0 Å². The van der Waals surface area contributed by atoms with Gasteiger partial charge in [0.2, 0.25) is 0 Å². The molecule has 3 rings (SSSR count). The molecule has 2 aromatic heterocycles. The van der Waals surface area contributed by atoms with Gasteiger partial charge in [-0.15, -0.1) is 12.4 Å². The maximum atomic E-state index is 12.0. The van der Waals surface area contributed by atoms with Crippen LogP contribution in [0.25, 0.3) is 11.0 Å². The van der Waals surface area contributed by atoms with Crippen LogP contribution in [0.5, 0.6) is 0 Å². The van der Waals surface area contributed by atoms with Gasteiger partial charge in [0.15, 0.2) is 0 Å². The van der Waals surface area contributed by atoms with E-state index in [1.165, 1.54) is 6.33 Å². The van der Waals surface area contributed by atoms with Crippen molar-refractivity contribution in [1.82, 2.24) is 15.0 Å². The third-order valence-corrected chi connectivity index (χ3v) is 3.29. The summed E-state index contributed by atoms with van der Waals surface area (Å²) in [7, 11) is 0. The van der Waals surface area contributed by atoms with Crippen molar-refractivity contribution in [3.63, 3.8) is 0 Å². The molecule has 23 heavy (non-hydrogen) atoms. The summed E-state index contributed by atoms with van der Waals surface area (Å²) in [5, 5.41) is 4.34. The molecule has 0 radical (unpaired) electrons. The molecule has 0 saturated carbocycles. The molecular weight excluding hydrogens is 339 g/mol. The summed E-state index contributed by atoms with van der Waals surface area (Å²) in [4.78, 5) is 23.3. The minimum Gasteiger partial charge on any atom is -0.462 e. The Bertz CT molecular complexity index is 835. The Hall–Kier alpha value is -2.31. The normalized spacial score (nSPS) is 10.2. The van der Waals surface area contributed by atoms with Gasteiger partial charge in [0.1, 0.15) is 17.8 Å². The van der Waals surface area contributed by atoms with Crippen LogP contribution in [-0.2, 0) is 4.74 Å². The summed E-state index contributed by atoms with van der Waals surface area (Å²) in [5.41, 5.74) is 1.72. The summed E-state index contributed by atoms with van der Waals surface area (Å²) in [6.07, 6.45) is 2.99. The number of anilines is 2. The van der Waals surface area contributed by atoms with Crippen molar-refractivity contribution in [2.24, 2.45) is 0 Å². The van der Waals surface area contributed by atoms with Crippen molar-refractivity contribution in [3.05, 3.63) is 47.4 Å². The topological polar surface area (TPSA) is 79.9 Å². The molecule has 0 fully saturated rings. The lowest BCUT2D eigenvalue weighted by Gasteiger charge is -2.08. The molecular formula is C15H14Cl2N4O2. The molecule has 0 spiro atoms. The zero-order chi connectivity index (χ0) is 15.5. The van der Waals surface area contributed by atoms with Crippen LogP contribution in [0.2, 0.25) is 5.02 Å². The van der Waals surface area contributed by atoms with Crippen LogP contribution in [0, 0.1) is 0 Å². The Morgan fingerprint density at radius 3 is 2.96 bits per heavy atom. The number of aromatic nitrogens is 3. The van der Waals surface area contributed by atoms with Crippen molar-refractivity contribution in [2.75, 3.05) is 11.9 Å². The molecule has 0 bridgehead atoms. The predicted molar refractivity (Wildman–Crippen MR) is 91.8 cm³/mol. The number of ether oxygens (including phenoxy) is 1. The highest BCUT2D eigenvalue weighted by Gasteiger charge is 2.18. The molecule has 0 atom stereocenters. The van der Waals surface area contributed by atoms with Gasteiger partial charge in [-0.25, -0.2) is 14.8 Å². The Labute approximate surface area is 143 Å². The molecule has 2 heterocycles. The summed E-state index contributed by atoms with van der Waals surface area (Å²) in [6.45, 7) is 2.06. The van der Waals surface area contributed by atoms with Gasteiger partial charge in [0.25, 0.3) is 0 Å². The smallest absolute Gasteiger partial charge is 0.340 e. The fraction of sp³-hybridized carbons (Fsp3) is 0.133. The molecule has 0 aliphatic heterocycles. The van der Waals surface area contributed by atoms with Gasteiger partial charge < -0.3 is 15.0 Å². The van der Waals surface area contributed by atoms with Crippen LogP contribution in [0.3, 0.4) is 0 Å². The lowest BCUT2D eigenvalue weighted by atomic mass is 10.2. The van der Waals surface area contributed by atoms with Gasteiger partial charge in [0, 0.05) is 16.9 Å². The van der Waals surface area contributed by atoms with Crippen molar-refractivity contribution < 1.29 is 9.53 Å². The van der Waals surface area contributed by atoms with E-state index in [2.05, 4.69) is 20.3 Å². The van der Waals surface area contributed by atoms with Crippen molar-refractivity contribution in [3.8, 4) is 0 Å². The number of H-pyrrole nitrogens is 1. The summed E-state index contributed by atoms with van der Waals surface area (Å²) >= 11 is 5.98. The number of halogens is 2. The van der Waals surface area contributed by atoms with E-state index in [1.807, 2.05) is 12.1 Å². The number of hydrogen-bond acceptors (Lipinski definition) is 5. The number of hydrogen-bond donors (Lipinski definition) is 2. The van der Waals surface area contributed by atoms with Gasteiger partial charge in [-0.2, -0.15) is 0 Å². The van der Waals surface area contributed by atoms with Gasteiger partial charge in [0.05, 0.1) is 17.6 Å². The summed E-state index contributed by atoms with van der Waals surface area (Å²) in [5.74, 6) is 0.0919. The SMILES string of the molecule is CCOC(=O)c1c[nH]c2ncnc(Nc3cccc(Cl)c3)c12.Cl. The molecule has 120 valence electrons. The second-order valence-corrected chi connectivity index (χ2v) is 4.94. The van der Waals surface area contributed by atoms with Crippen LogP contribution >= 0.6 is 24.0 Å². The van der Waals surface area contributed by atoms with Crippen molar-refractivity contribution >= 4 is 52.5 Å². The molecule has 0 saturated heterocycles. The first-order chi connectivity index (χ1) is 10.7. The molecule has 0 amide bonds. The number of benzene rings is 1. The van der Waals surface area contributed by atoms with Crippen molar-refractivity contribution in [1.29, 1.82) is 0 Å². The zero-order valence-electron chi connectivity index (χ0n) is 12.2. The lowest BCUT2D eigenvalue weighted by molar-refractivity contribution is 0.0528. The number of aromatic amines is 1. The van der Waals surface area contributed by atoms with Gasteiger partial charge in [-0.1, -0.05) is 17.7 Å². The molecule has 3 aromatic rings. The number of rotatable bonds is 4. The highest BCUT2D eigenvalue weighted by Crippen LogP contribution is 2.27. The molecule has 2 N–H and O–H groups in total. The molecule has 6 nitrogen and oxygen atoms in total. The number of fused-ring (bicyclic) bond motifs is 1. The molecule has 0 unspecified atom stereocenters. The first kappa shape index (κ1) is 17.1. The first-order valence-corrected chi connectivity index (χ1v) is 7.08. The van der Waals surface area contributed by atoms with Gasteiger partial charge in [-0.3, -0.25) is 0 Å². The number of esters is 1. The second-order valence-electron chi connectivity index (χ2n) is 4.50. The largest absolute Gasteiger partial charge is 0.462 e. The van der Waals surface area contributed by atoms with E-state index in [0.717, 1.165) is 5.69 Å². The maximum Gasteiger partial charge on any atom is 0.340 e.